The molecule has 7 heteroatoms. The van der Waals surface area contributed by atoms with Gasteiger partial charge in [-0.3, -0.25) is 0 Å². The molecule has 0 spiro atoms. The molecule has 0 saturated carbocycles. The van der Waals surface area contributed by atoms with Crippen LogP contribution in [0, 0.1) is 0 Å². The van der Waals surface area contributed by atoms with Crippen molar-refractivity contribution < 1.29 is 18.9 Å². The van der Waals surface area contributed by atoms with E-state index in [2.05, 4.69) is 0 Å². The molecule has 0 bridgehead atoms. The van der Waals surface area contributed by atoms with Crippen LogP contribution in [0.25, 0.3) is 43.1 Å². The van der Waals surface area contributed by atoms with Gasteiger partial charge in [0.15, 0.2) is 0 Å². The summed E-state index contributed by atoms with van der Waals surface area (Å²) in [6.07, 6.45) is 0. The number of fused-ring (bicyclic) bond motifs is 4. The maximum Gasteiger partial charge on any atom is 2.00 e. The molecule has 0 aliphatic rings. The summed E-state index contributed by atoms with van der Waals surface area (Å²) in [6, 6.07) is 52.0. The average molecular weight is 675 g/mol. The van der Waals surface area contributed by atoms with Gasteiger partial charge in [-0.25, -0.2) is 0 Å². The van der Waals surface area contributed by atoms with Crippen LogP contribution in [-0.4, -0.2) is 37.7 Å². The smallest absolute Gasteiger partial charge is 0.793 e. The third-order valence-corrected chi connectivity index (χ3v) is 12.4. The molecule has 8 aromatic rings. The van der Waals surface area contributed by atoms with Gasteiger partial charge in [-0.1, -0.05) is 170 Å². The van der Waals surface area contributed by atoms with Gasteiger partial charge in [-0.05, 0) is 43.1 Å². The van der Waals surface area contributed by atoms with Gasteiger partial charge in [0.05, 0.1) is 14.7 Å². The van der Waals surface area contributed by atoms with Gasteiger partial charge >= 0.3 is 37.7 Å². The van der Waals surface area contributed by atoms with Crippen molar-refractivity contribution in [1.29, 1.82) is 0 Å². The van der Waals surface area contributed by atoms with Crippen molar-refractivity contribution >= 4 is 117 Å². The van der Waals surface area contributed by atoms with Crippen molar-refractivity contribution in [3.63, 3.8) is 0 Å². The van der Waals surface area contributed by atoms with Crippen LogP contribution in [0.1, 0.15) is 0 Å². The number of hydrogen-bond donors (Lipinski definition) is 0. The van der Waals surface area contributed by atoms with Crippen molar-refractivity contribution in [1.82, 2.24) is 0 Å². The fourth-order valence-corrected chi connectivity index (χ4v) is 9.85. The van der Waals surface area contributed by atoms with E-state index in [9.17, 15) is 18.9 Å². The summed E-state index contributed by atoms with van der Waals surface area (Å²) in [6.45, 7) is 0. The summed E-state index contributed by atoms with van der Waals surface area (Å²) in [5.41, 5.74) is 0. The van der Waals surface area contributed by atoms with E-state index < -0.39 is 14.7 Å². The minimum Gasteiger partial charge on any atom is -0.793 e. The van der Waals surface area contributed by atoms with Crippen molar-refractivity contribution in [2.75, 3.05) is 0 Å². The van der Waals surface area contributed by atoms with E-state index >= 15 is 0 Å². The summed E-state index contributed by atoms with van der Waals surface area (Å²) >= 11 is 0. The second-order valence-corrected chi connectivity index (χ2v) is 15.2. The molecule has 8 rings (SSSR count). The molecule has 0 heterocycles. The van der Waals surface area contributed by atoms with Gasteiger partial charge in [0.2, 0.25) is 0 Å². The molecule has 0 radical (unpaired) electrons. The molecular weight excluding hydrogens is 646 g/mol. The van der Waals surface area contributed by atoms with Crippen LogP contribution in [0.15, 0.2) is 170 Å². The predicted octanol–water partition coefficient (Wildman–Crippen LogP) is 6.78. The quantitative estimate of drug-likeness (QED) is 0.152. The van der Waals surface area contributed by atoms with Crippen LogP contribution in [0.3, 0.4) is 0 Å². The van der Waals surface area contributed by atoms with Gasteiger partial charge in [0.25, 0.3) is 0 Å². The molecular formula is C40H28CaO4P2. The molecule has 0 amide bonds. The Balaban J connectivity index is 0.000000161. The van der Waals surface area contributed by atoms with E-state index in [4.69, 9.17) is 0 Å². The Kier molecular flexibility index (Phi) is 9.85. The number of rotatable bonds is 4. The molecule has 0 aliphatic heterocycles. The zero-order valence-corrected chi connectivity index (χ0v) is 29.4. The largest absolute Gasteiger partial charge is 2.00 e. The topological polar surface area (TPSA) is 80.3 Å². The summed E-state index contributed by atoms with van der Waals surface area (Å²) in [7, 11) is -7.88. The van der Waals surface area contributed by atoms with Crippen LogP contribution in [0.2, 0.25) is 0 Å². The molecule has 0 aromatic heterocycles. The Labute approximate surface area is 303 Å². The summed E-state index contributed by atoms with van der Waals surface area (Å²) < 4.78 is 26.6. The zero-order chi connectivity index (χ0) is 31.7. The summed E-state index contributed by atoms with van der Waals surface area (Å²) in [5.74, 6) is 0. The Morgan fingerprint density at radius 2 is 0.489 bits per heavy atom. The van der Waals surface area contributed by atoms with Crippen LogP contribution in [0.5, 0.6) is 0 Å². The van der Waals surface area contributed by atoms with Gasteiger partial charge in [0.1, 0.15) is 0 Å². The molecule has 0 fully saturated rings. The Morgan fingerprint density at radius 3 is 0.723 bits per heavy atom. The zero-order valence-electron chi connectivity index (χ0n) is 25.4. The third kappa shape index (κ3) is 6.36. The maximum atomic E-state index is 13.3. The van der Waals surface area contributed by atoms with Crippen LogP contribution in [0.4, 0.5) is 0 Å². The first kappa shape index (κ1) is 33.3. The van der Waals surface area contributed by atoms with E-state index in [0.717, 1.165) is 43.1 Å². The fraction of sp³-hybridized carbons (Fsp3) is 0. The van der Waals surface area contributed by atoms with Crippen LogP contribution < -0.4 is 31.0 Å². The van der Waals surface area contributed by atoms with Crippen molar-refractivity contribution in [2.24, 2.45) is 0 Å². The number of benzene rings is 8. The van der Waals surface area contributed by atoms with E-state index in [1.54, 1.807) is 48.5 Å². The fourth-order valence-electron chi connectivity index (χ4n) is 6.12. The molecule has 0 N–H and O–H groups in total. The minimum absolute atomic E-state index is 0. The first-order valence-electron chi connectivity index (χ1n) is 14.9. The van der Waals surface area contributed by atoms with E-state index in [1.807, 2.05) is 121 Å². The second kappa shape index (κ2) is 13.9. The van der Waals surface area contributed by atoms with Gasteiger partial charge in [0, 0.05) is 21.2 Å². The monoisotopic (exact) mass is 674 g/mol. The molecule has 0 aliphatic carbocycles. The Morgan fingerprint density at radius 1 is 0.298 bits per heavy atom. The molecule has 4 nitrogen and oxygen atoms in total. The Hall–Kier alpha value is -3.56. The minimum atomic E-state index is -3.94. The van der Waals surface area contributed by atoms with Gasteiger partial charge in [-0.15, -0.1) is 0 Å². The van der Waals surface area contributed by atoms with Crippen LogP contribution in [-0.2, 0) is 9.13 Å². The molecule has 224 valence electrons. The molecule has 47 heavy (non-hydrogen) atoms. The van der Waals surface area contributed by atoms with E-state index in [0.29, 0.717) is 21.2 Å². The SMILES string of the molecule is O=P([O-])(c1cccc2ccccc12)c1cccc2ccccc12.O=P([O-])(c1cccc2ccccc12)c1cccc2ccccc12.[Ca+2]. The van der Waals surface area contributed by atoms with Crippen LogP contribution >= 0.6 is 14.7 Å². The summed E-state index contributed by atoms with van der Waals surface area (Å²) in [5, 5.41) is 8.31. The molecule has 0 saturated heterocycles. The second-order valence-electron chi connectivity index (χ2n) is 11.1. The predicted molar refractivity (Wildman–Crippen MR) is 195 cm³/mol. The van der Waals surface area contributed by atoms with Gasteiger partial charge < -0.3 is 18.9 Å². The van der Waals surface area contributed by atoms with Crippen molar-refractivity contribution in [2.45, 2.75) is 0 Å². The summed E-state index contributed by atoms with van der Waals surface area (Å²) in [4.78, 5) is 26.6. The third-order valence-electron chi connectivity index (χ3n) is 8.34. The van der Waals surface area contributed by atoms with Crippen molar-refractivity contribution in [3.05, 3.63) is 170 Å². The molecule has 0 unspecified atom stereocenters. The van der Waals surface area contributed by atoms with Crippen molar-refractivity contribution in [3.8, 4) is 0 Å². The van der Waals surface area contributed by atoms with E-state index in [-0.39, 0.29) is 37.7 Å². The van der Waals surface area contributed by atoms with E-state index in [1.165, 1.54) is 0 Å². The Bertz CT molecular complexity index is 2130. The maximum absolute atomic E-state index is 13.3. The average Bonchev–Trinajstić information content (AvgIpc) is 3.10. The normalized spacial score (nSPS) is 11.6. The number of hydrogen-bond acceptors (Lipinski definition) is 4. The molecule has 0 atom stereocenters. The molecule has 8 aromatic carbocycles. The first-order chi connectivity index (χ1) is 22.4. The standard InChI is InChI=1S/2C20H15O2P.Ca/c2*21-23(22,19-13-5-9-15-7-1-3-11-17(15)19)20-14-6-10-16-8-2-4-12-18(16)20;/h2*1-14H,(H,21,22);/q;;+2/p-2. The van der Waals surface area contributed by atoms with Gasteiger partial charge in [-0.2, -0.15) is 0 Å². The first-order valence-corrected chi connectivity index (χ1v) is 18.2.